The molecule has 0 spiro atoms. The molecule has 3 rings (SSSR count). The molecule has 0 radical (unpaired) electrons. The third kappa shape index (κ3) is 3.30. The van der Waals surface area contributed by atoms with Crippen LogP contribution in [0.25, 0.3) is 0 Å². The van der Waals surface area contributed by atoms with Gasteiger partial charge in [-0.15, -0.1) is 0 Å². The van der Waals surface area contributed by atoms with Gasteiger partial charge in [-0.1, -0.05) is 0 Å². The van der Waals surface area contributed by atoms with Crippen molar-refractivity contribution >= 4 is 5.91 Å². The number of amides is 1. The van der Waals surface area contributed by atoms with E-state index in [2.05, 4.69) is 15.1 Å². The molecule has 1 aliphatic rings. The molecule has 0 saturated carbocycles. The number of carbonyl (C=O) groups is 1. The Morgan fingerprint density at radius 2 is 2.32 bits per heavy atom. The van der Waals surface area contributed by atoms with Crippen molar-refractivity contribution < 1.29 is 9.53 Å². The van der Waals surface area contributed by atoms with Gasteiger partial charge in [-0.3, -0.25) is 9.48 Å². The summed E-state index contributed by atoms with van der Waals surface area (Å²) in [6, 6.07) is 1.84. The summed E-state index contributed by atoms with van der Waals surface area (Å²) in [5.74, 6) is 0.749. The van der Waals surface area contributed by atoms with Crippen molar-refractivity contribution in [2.45, 2.75) is 26.5 Å². The van der Waals surface area contributed by atoms with Gasteiger partial charge in [0.05, 0.1) is 25.0 Å². The van der Waals surface area contributed by atoms with Gasteiger partial charge < -0.3 is 9.64 Å². The molecule has 0 aromatic carbocycles. The van der Waals surface area contributed by atoms with Crippen LogP contribution in [0, 0.1) is 13.8 Å². The Hall–Kier alpha value is -2.28. The molecule has 22 heavy (non-hydrogen) atoms. The number of nitrogens with zero attached hydrogens (tertiary/aromatic N) is 5. The van der Waals surface area contributed by atoms with Crippen LogP contribution in [0.15, 0.2) is 24.7 Å². The third-order valence-corrected chi connectivity index (χ3v) is 3.61. The lowest BCUT2D eigenvalue weighted by atomic mass is 10.2. The molecule has 3 heterocycles. The fourth-order valence-electron chi connectivity index (χ4n) is 2.50. The van der Waals surface area contributed by atoms with Gasteiger partial charge in [0.2, 0.25) is 5.91 Å². The fourth-order valence-corrected chi connectivity index (χ4v) is 2.50. The minimum absolute atomic E-state index is 0.0437. The summed E-state index contributed by atoms with van der Waals surface area (Å²) in [5, 5.41) is 4.16. The summed E-state index contributed by atoms with van der Waals surface area (Å²) in [5.41, 5.74) is 1.86. The van der Waals surface area contributed by atoms with E-state index in [-0.39, 0.29) is 18.6 Å². The topological polar surface area (TPSA) is 73.1 Å². The predicted octanol–water partition coefficient (Wildman–Crippen LogP) is 0.890. The van der Waals surface area contributed by atoms with Crippen LogP contribution >= 0.6 is 0 Å². The Balaban J connectivity index is 1.66. The SMILES string of the molecule is Cc1cnn(CC(=O)N2CCO[C@@H](c3ccnc(C)n3)C2)c1. The highest BCUT2D eigenvalue weighted by molar-refractivity contribution is 5.76. The molecule has 1 aliphatic heterocycles. The second-order valence-corrected chi connectivity index (χ2v) is 5.44. The Kier molecular flexibility index (Phi) is 4.15. The van der Waals surface area contributed by atoms with Crippen LogP contribution in [-0.4, -0.2) is 50.3 Å². The number of carbonyl (C=O) groups excluding carboxylic acids is 1. The van der Waals surface area contributed by atoms with Crippen molar-refractivity contribution in [3.05, 3.63) is 41.7 Å². The molecule has 1 saturated heterocycles. The van der Waals surface area contributed by atoms with Crippen molar-refractivity contribution in [1.82, 2.24) is 24.6 Å². The van der Waals surface area contributed by atoms with Gasteiger partial charge in [-0.2, -0.15) is 5.10 Å². The van der Waals surface area contributed by atoms with Gasteiger partial charge in [0.25, 0.3) is 0 Å². The average Bonchev–Trinajstić information content (AvgIpc) is 2.92. The lowest BCUT2D eigenvalue weighted by Crippen LogP contribution is -2.44. The molecule has 1 amide bonds. The Labute approximate surface area is 128 Å². The van der Waals surface area contributed by atoms with Crippen LogP contribution in [0.4, 0.5) is 0 Å². The molecule has 0 bridgehead atoms. The highest BCUT2D eigenvalue weighted by Gasteiger charge is 2.26. The van der Waals surface area contributed by atoms with Crippen molar-refractivity contribution in [2.24, 2.45) is 0 Å². The first kappa shape index (κ1) is 14.6. The first-order valence-corrected chi connectivity index (χ1v) is 7.30. The summed E-state index contributed by atoms with van der Waals surface area (Å²) < 4.78 is 7.41. The van der Waals surface area contributed by atoms with Gasteiger partial charge in [0.15, 0.2) is 0 Å². The number of rotatable bonds is 3. The molecule has 1 atom stereocenters. The van der Waals surface area contributed by atoms with Gasteiger partial charge >= 0.3 is 0 Å². The first-order valence-electron chi connectivity index (χ1n) is 7.30. The maximum absolute atomic E-state index is 12.4. The van der Waals surface area contributed by atoms with Gasteiger partial charge in [0.1, 0.15) is 18.5 Å². The zero-order valence-corrected chi connectivity index (χ0v) is 12.8. The van der Waals surface area contributed by atoms with Gasteiger partial charge in [-0.05, 0) is 25.5 Å². The van der Waals surface area contributed by atoms with E-state index in [1.54, 1.807) is 17.1 Å². The zero-order chi connectivity index (χ0) is 15.5. The summed E-state index contributed by atoms with van der Waals surface area (Å²) >= 11 is 0. The van der Waals surface area contributed by atoms with Crippen molar-refractivity contribution in [1.29, 1.82) is 0 Å². The lowest BCUT2D eigenvalue weighted by molar-refractivity contribution is -0.140. The lowest BCUT2D eigenvalue weighted by Gasteiger charge is -2.32. The number of aromatic nitrogens is 4. The molecular formula is C15H19N5O2. The Morgan fingerprint density at radius 3 is 3.05 bits per heavy atom. The summed E-state index contributed by atoms with van der Waals surface area (Å²) in [4.78, 5) is 22.7. The van der Waals surface area contributed by atoms with Gasteiger partial charge in [0, 0.05) is 18.9 Å². The second kappa shape index (κ2) is 6.23. The average molecular weight is 301 g/mol. The van der Waals surface area contributed by atoms with Crippen LogP contribution in [-0.2, 0) is 16.1 Å². The number of ether oxygens (including phenoxy) is 1. The first-order chi connectivity index (χ1) is 10.6. The van der Waals surface area contributed by atoms with Crippen LogP contribution in [0.2, 0.25) is 0 Å². The monoisotopic (exact) mass is 301 g/mol. The molecule has 116 valence electrons. The van der Waals surface area contributed by atoms with E-state index in [1.165, 1.54) is 0 Å². The second-order valence-electron chi connectivity index (χ2n) is 5.44. The van der Waals surface area contributed by atoms with Gasteiger partial charge in [-0.25, -0.2) is 9.97 Å². The molecule has 7 nitrogen and oxygen atoms in total. The van der Waals surface area contributed by atoms with E-state index in [1.807, 2.05) is 31.0 Å². The fraction of sp³-hybridized carbons (Fsp3) is 0.467. The van der Waals surface area contributed by atoms with Crippen LogP contribution in [0.3, 0.4) is 0 Å². The minimum atomic E-state index is -0.196. The smallest absolute Gasteiger partial charge is 0.244 e. The van der Waals surface area contributed by atoms with E-state index < -0.39 is 0 Å². The largest absolute Gasteiger partial charge is 0.368 e. The van der Waals surface area contributed by atoms with E-state index >= 15 is 0 Å². The standard InChI is InChI=1S/C15H19N5O2/c1-11-7-17-20(8-11)10-15(21)19-5-6-22-14(9-19)13-3-4-16-12(2)18-13/h3-4,7-8,14H,5-6,9-10H2,1-2H3/t14-/m1/s1. The molecule has 2 aromatic heterocycles. The normalized spacial score (nSPS) is 18.5. The number of hydrogen-bond acceptors (Lipinski definition) is 5. The minimum Gasteiger partial charge on any atom is -0.368 e. The maximum Gasteiger partial charge on any atom is 0.244 e. The number of aryl methyl sites for hydroxylation is 2. The summed E-state index contributed by atoms with van der Waals surface area (Å²) in [6.45, 7) is 5.67. The number of morpholine rings is 1. The van der Waals surface area contributed by atoms with E-state index in [9.17, 15) is 4.79 Å². The highest BCUT2D eigenvalue weighted by Crippen LogP contribution is 2.20. The van der Waals surface area contributed by atoms with Crippen LogP contribution < -0.4 is 0 Å². The predicted molar refractivity (Wildman–Crippen MR) is 79.0 cm³/mol. The van der Waals surface area contributed by atoms with E-state index in [0.29, 0.717) is 25.5 Å². The quantitative estimate of drug-likeness (QED) is 0.842. The Bertz CT molecular complexity index is 669. The van der Waals surface area contributed by atoms with E-state index in [0.717, 1.165) is 11.3 Å². The molecule has 0 unspecified atom stereocenters. The molecule has 0 aliphatic carbocycles. The third-order valence-electron chi connectivity index (χ3n) is 3.61. The van der Waals surface area contributed by atoms with Crippen molar-refractivity contribution in [3.63, 3.8) is 0 Å². The molecular weight excluding hydrogens is 282 g/mol. The maximum atomic E-state index is 12.4. The highest BCUT2D eigenvalue weighted by atomic mass is 16.5. The Morgan fingerprint density at radius 1 is 1.45 bits per heavy atom. The van der Waals surface area contributed by atoms with Crippen molar-refractivity contribution in [2.75, 3.05) is 19.7 Å². The summed E-state index contributed by atoms with van der Waals surface area (Å²) in [7, 11) is 0. The zero-order valence-electron chi connectivity index (χ0n) is 12.8. The molecule has 1 fully saturated rings. The molecule has 7 heteroatoms. The van der Waals surface area contributed by atoms with Crippen LogP contribution in [0.1, 0.15) is 23.2 Å². The number of hydrogen-bond donors (Lipinski definition) is 0. The molecule has 2 aromatic rings. The molecule has 0 N–H and O–H groups in total. The van der Waals surface area contributed by atoms with Crippen LogP contribution in [0.5, 0.6) is 0 Å². The summed E-state index contributed by atoms with van der Waals surface area (Å²) in [6.07, 6.45) is 5.13. The van der Waals surface area contributed by atoms with Crippen molar-refractivity contribution in [3.8, 4) is 0 Å². The van der Waals surface area contributed by atoms with E-state index in [4.69, 9.17) is 4.74 Å².